The van der Waals surface area contributed by atoms with Crippen LogP contribution in [-0.4, -0.2) is 17.6 Å². The highest BCUT2D eigenvalue weighted by atomic mass is 79.9. The molecule has 1 aliphatic rings. The van der Waals surface area contributed by atoms with Gasteiger partial charge in [0.25, 0.3) is 0 Å². The monoisotopic (exact) mass is 283 g/mol. The average molecular weight is 284 g/mol. The van der Waals surface area contributed by atoms with Gasteiger partial charge in [-0.15, -0.1) is 0 Å². The predicted octanol–water partition coefficient (Wildman–Crippen LogP) is 2.69. The van der Waals surface area contributed by atoms with E-state index in [0.717, 1.165) is 16.8 Å². The SMILES string of the molecule is Cc1cc(Br)cnc1NCC1CCCC1N. The van der Waals surface area contributed by atoms with Crippen LogP contribution in [0.25, 0.3) is 0 Å². The molecule has 0 spiro atoms. The van der Waals surface area contributed by atoms with E-state index in [-0.39, 0.29) is 0 Å². The highest BCUT2D eigenvalue weighted by Gasteiger charge is 2.23. The van der Waals surface area contributed by atoms with E-state index in [9.17, 15) is 0 Å². The Morgan fingerprint density at radius 3 is 3.00 bits per heavy atom. The van der Waals surface area contributed by atoms with Crippen molar-refractivity contribution in [2.24, 2.45) is 11.7 Å². The zero-order valence-electron chi connectivity index (χ0n) is 9.54. The van der Waals surface area contributed by atoms with Crippen molar-refractivity contribution in [2.75, 3.05) is 11.9 Å². The van der Waals surface area contributed by atoms with E-state index in [1.165, 1.54) is 24.8 Å². The largest absolute Gasteiger partial charge is 0.370 e. The maximum absolute atomic E-state index is 6.04. The number of anilines is 1. The van der Waals surface area contributed by atoms with Gasteiger partial charge < -0.3 is 11.1 Å². The van der Waals surface area contributed by atoms with Gasteiger partial charge >= 0.3 is 0 Å². The molecule has 1 aromatic heterocycles. The van der Waals surface area contributed by atoms with E-state index in [4.69, 9.17) is 5.73 Å². The number of nitrogens with two attached hydrogens (primary N) is 1. The van der Waals surface area contributed by atoms with E-state index in [0.29, 0.717) is 12.0 Å². The lowest BCUT2D eigenvalue weighted by atomic mass is 10.0. The summed E-state index contributed by atoms with van der Waals surface area (Å²) in [6, 6.07) is 2.44. The number of aryl methyl sites for hydroxylation is 1. The van der Waals surface area contributed by atoms with Crippen molar-refractivity contribution >= 4 is 21.7 Å². The summed E-state index contributed by atoms with van der Waals surface area (Å²) in [5.41, 5.74) is 7.20. The lowest BCUT2D eigenvalue weighted by Crippen LogP contribution is -2.29. The Kier molecular flexibility index (Phi) is 3.82. The van der Waals surface area contributed by atoms with Crippen molar-refractivity contribution < 1.29 is 0 Å². The van der Waals surface area contributed by atoms with Crippen molar-refractivity contribution in [1.82, 2.24) is 4.98 Å². The summed E-state index contributed by atoms with van der Waals surface area (Å²) in [5.74, 6) is 1.58. The first kappa shape index (κ1) is 11.9. The summed E-state index contributed by atoms with van der Waals surface area (Å²) in [5, 5.41) is 3.40. The van der Waals surface area contributed by atoms with Crippen molar-refractivity contribution in [3.05, 3.63) is 22.3 Å². The molecule has 1 fully saturated rings. The number of rotatable bonds is 3. The molecule has 0 radical (unpaired) electrons. The standard InChI is InChI=1S/C12H18BrN3/c1-8-5-10(13)7-16-12(8)15-6-9-3-2-4-11(9)14/h5,7,9,11H,2-4,6,14H2,1H3,(H,15,16). The lowest BCUT2D eigenvalue weighted by molar-refractivity contribution is 0.504. The maximum atomic E-state index is 6.04. The number of halogens is 1. The van der Waals surface area contributed by atoms with E-state index >= 15 is 0 Å². The molecular weight excluding hydrogens is 266 g/mol. The Bertz CT molecular complexity index is 367. The molecule has 2 rings (SSSR count). The van der Waals surface area contributed by atoms with Crippen LogP contribution in [0.15, 0.2) is 16.7 Å². The minimum absolute atomic E-state index is 0.364. The third-order valence-electron chi connectivity index (χ3n) is 3.29. The van der Waals surface area contributed by atoms with Gasteiger partial charge in [-0.1, -0.05) is 6.42 Å². The van der Waals surface area contributed by atoms with Crippen molar-refractivity contribution in [3.63, 3.8) is 0 Å². The molecule has 2 atom stereocenters. The first-order valence-electron chi connectivity index (χ1n) is 5.78. The molecular formula is C12H18BrN3. The number of pyridine rings is 1. The molecule has 88 valence electrons. The number of aromatic nitrogens is 1. The van der Waals surface area contributed by atoms with E-state index in [1.54, 1.807) is 0 Å². The molecule has 1 saturated carbocycles. The number of hydrogen-bond donors (Lipinski definition) is 2. The second-order valence-corrected chi connectivity index (χ2v) is 5.47. The smallest absolute Gasteiger partial charge is 0.128 e. The van der Waals surface area contributed by atoms with Crippen LogP contribution in [-0.2, 0) is 0 Å². The third kappa shape index (κ3) is 2.74. The molecule has 1 aromatic rings. The van der Waals surface area contributed by atoms with Crippen LogP contribution in [0.3, 0.4) is 0 Å². The first-order valence-corrected chi connectivity index (χ1v) is 6.57. The predicted molar refractivity (Wildman–Crippen MR) is 70.5 cm³/mol. The first-order chi connectivity index (χ1) is 7.66. The molecule has 4 heteroatoms. The van der Waals surface area contributed by atoms with Crippen molar-refractivity contribution in [3.8, 4) is 0 Å². The van der Waals surface area contributed by atoms with Gasteiger partial charge in [0.05, 0.1) is 0 Å². The second-order valence-electron chi connectivity index (χ2n) is 4.55. The molecule has 3 N–H and O–H groups in total. The molecule has 1 aliphatic carbocycles. The fourth-order valence-electron chi connectivity index (χ4n) is 2.27. The molecule has 0 aliphatic heterocycles. The molecule has 0 bridgehead atoms. The Labute approximate surface area is 105 Å². The Morgan fingerprint density at radius 1 is 1.56 bits per heavy atom. The Morgan fingerprint density at radius 2 is 2.38 bits per heavy atom. The van der Waals surface area contributed by atoms with E-state index in [1.807, 2.05) is 6.20 Å². The maximum Gasteiger partial charge on any atom is 0.128 e. The lowest BCUT2D eigenvalue weighted by Gasteiger charge is -2.17. The quantitative estimate of drug-likeness (QED) is 0.897. The number of nitrogens with zero attached hydrogens (tertiary/aromatic N) is 1. The molecule has 3 nitrogen and oxygen atoms in total. The zero-order chi connectivity index (χ0) is 11.5. The number of nitrogens with one attached hydrogen (secondary N) is 1. The summed E-state index contributed by atoms with van der Waals surface area (Å²) in [4.78, 5) is 4.37. The molecule has 0 amide bonds. The summed E-state index contributed by atoms with van der Waals surface area (Å²) in [6.45, 7) is 3.01. The Hall–Kier alpha value is -0.610. The fraction of sp³-hybridized carbons (Fsp3) is 0.583. The van der Waals surface area contributed by atoms with Crippen LogP contribution in [0.5, 0.6) is 0 Å². The second kappa shape index (κ2) is 5.15. The van der Waals surface area contributed by atoms with Crippen LogP contribution < -0.4 is 11.1 Å². The molecule has 2 unspecified atom stereocenters. The van der Waals surface area contributed by atoms with Crippen LogP contribution >= 0.6 is 15.9 Å². The average Bonchev–Trinajstić information content (AvgIpc) is 2.63. The molecule has 0 aromatic carbocycles. The summed E-state index contributed by atoms with van der Waals surface area (Å²) >= 11 is 3.41. The summed E-state index contributed by atoms with van der Waals surface area (Å²) < 4.78 is 1.02. The van der Waals surface area contributed by atoms with E-state index < -0.39 is 0 Å². The van der Waals surface area contributed by atoms with Crippen molar-refractivity contribution in [1.29, 1.82) is 0 Å². The fourth-order valence-corrected chi connectivity index (χ4v) is 2.72. The molecule has 1 heterocycles. The van der Waals surface area contributed by atoms with Gasteiger partial charge in [-0.3, -0.25) is 0 Å². The van der Waals surface area contributed by atoms with Crippen LogP contribution in [0, 0.1) is 12.8 Å². The third-order valence-corrected chi connectivity index (χ3v) is 3.73. The van der Waals surface area contributed by atoms with Crippen LogP contribution in [0.1, 0.15) is 24.8 Å². The van der Waals surface area contributed by atoms with Gasteiger partial charge in [0.1, 0.15) is 5.82 Å². The highest BCUT2D eigenvalue weighted by Crippen LogP contribution is 2.25. The van der Waals surface area contributed by atoms with Gasteiger partial charge in [0.15, 0.2) is 0 Å². The van der Waals surface area contributed by atoms with Gasteiger partial charge in [-0.05, 0) is 53.2 Å². The van der Waals surface area contributed by atoms with Crippen LogP contribution in [0.4, 0.5) is 5.82 Å². The summed E-state index contributed by atoms with van der Waals surface area (Å²) in [6.07, 6.45) is 5.49. The molecule has 16 heavy (non-hydrogen) atoms. The summed E-state index contributed by atoms with van der Waals surface area (Å²) in [7, 11) is 0. The number of hydrogen-bond acceptors (Lipinski definition) is 3. The highest BCUT2D eigenvalue weighted by molar-refractivity contribution is 9.10. The van der Waals surface area contributed by atoms with Crippen LogP contribution in [0.2, 0.25) is 0 Å². The Balaban J connectivity index is 1.94. The minimum atomic E-state index is 0.364. The van der Waals surface area contributed by atoms with Gasteiger partial charge in [0, 0.05) is 23.3 Å². The van der Waals surface area contributed by atoms with Gasteiger partial charge in [-0.25, -0.2) is 4.98 Å². The minimum Gasteiger partial charge on any atom is -0.370 e. The topological polar surface area (TPSA) is 50.9 Å². The molecule has 0 saturated heterocycles. The van der Waals surface area contributed by atoms with E-state index in [2.05, 4.69) is 39.2 Å². The zero-order valence-corrected chi connectivity index (χ0v) is 11.1. The van der Waals surface area contributed by atoms with Crippen molar-refractivity contribution in [2.45, 2.75) is 32.2 Å². The van der Waals surface area contributed by atoms with Gasteiger partial charge in [0.2, 0.25) is 0 Å². The normalized spacial score (nSPS) is 24.7. The van der Waals surface area contributed by atoms with Gasteiger partial charge in [-0.2, -0.15) is 0 Å².